The third kappa shape index (κ3) is 3.09. The lowest BCUT2D eigenvalue weighted by atomic mass is 10.1. The Morgan fingerprint density at radius 1 is 1.56 bits per heavy atom. The van der Waals surface area contributed by atoms with Gasteiger partial charge in [-0.25, -0.2) is 4.79 Å². The summed E-state index contributed by atoms with van der Waals surface area (Å²) in [5.74, 6) is -0.272. The van der Waals surface area contributed by atoms with E-state index in [1.165, 1.54) is 13.5 Å². The number of hydrogen-bond acceptors (Lipinski definition) is 4. The fourth-order valence-electron chi connectivity index (χ4n) is 2.38. The van der Waals surface area contributed by atoms with Crippen molar-refractivity contribution in [1.82, 2.24) is 10.2 Å². The first kappa shape index (κ1) is 13.1. The van der Waals surface area contributed by atoms with Gasteiger partial charge in [-0.1, -0.05) is 12.1 Å². The summed E-state index contributed by atoms with van der Waals surface area (Å²) in [4.78, 5) is 13.9. The maximum atomic E-state index is 11.5. The van der Waals surface area contributed by atoms with Crippen molar-refractivity contribution in [2.75, 3.05) is 27.2 Å². The molecule has 1 saturated heterocycles. The van der Waals surface area contributed by atoms with E-state index in [9.17, 15) is 4.79 Å². The molecule has 1 heterocycles. The van der Waals surface area contributed by atoms with Crippen molar-refractivity contribution in [1.29, 1.82) is 0 Å². The van der Waals surface area contributed by atoms with Crippen LogP contribution >= 0.6 is 0 Å². The number of carbonyl (C=O) groups excluding carboxylic acids is 1. The van der Waals surface area contributed by atoms with E-state index in [2.05, 4.69) is 16.3 Å². The Labute approximate surface area is 108 Å². The molecule has 1 aliphatic rings. The van der Waals surface area contributed by atoms with E-state index in [0.29, 0.717) is 11.6 Å². The molecule has 0 saturated carbocycles. The summed E-state index contributed by atoms with van der Waals surface area (Å²) in [6.07, 6.45) is 1.19. The average Bonchev–Trinajstić information content (AvgIpc) is 2.86. The molecule has 98 valence electrons. The topological polar surface area (TPSA) is 41.6 Å². The molecule has 0 bridgehead atoms. The molecule has 0 aliphatic carbocycles. The van der Waals surface area contributed by atoms with Gasteiger partial charge >= 0.3 is 5.97 Å². The number of hydrogen-bond donors (Lipinski definition) is 1. The largest absolute Gasteiger partial charge is 0.465 e. The summed E-state index contributed by atoms with van der Waals surface area (Å²) >= 11 is 0. The Bertz CT molecular complexity index is 420. The van der Waals surface area contributed by atoms with Crippen molar-refractivity contribution in [2.45, 2.75) is 19.0 Å². The van der Waals surface area contributed by atoms with Crippen LogP contribution in [0.4, 0.5) is 0 Å². The zero-order valence-electron chi connectivity index (χ0n) is 11.0. The number of likely N-dealkylation sites (tertiary alicyclic amines) is 1. The second kappa shape index (κ2) is 5.98. The Morgan fingerprint density at radius 2 is 2.39 bits per heavy atom. The average molecular weight is 248 g/mol. The Hall–Kier alpha value is -1.39. The van der Waals surface area contributed by atoms with Gasteiger partial charge in [-0.15, -0.1) is 0 Å². The van der Waals surface area contributed by atoms with Crippen LogP contribution in [-0.4, -0.2) is 44.2 Å². The molecule has 1 atom stereocenters. The quantitative estimate of drug-likeness (QED) is 0.815. The van der Waals surface area contributed by atoms with Crippen LogP contribution in [0.3, 0.4) is 0 Å². The molecule has 1 unspecified atom stereocenters. The van der Waals surface area contributed by atoms with Gasteiger partial charge in [0.2, 0.25) is 0 Å². The zero-order valence-corrected chi connectivity index (χ0v) is 11.0. The molecule has 4 nitrogen and oxygen atoms in total. The van der Waals surface area contributed by atoms with E-state index in [1.807, 2.05) is 19.2 Å². The smallest absolute Gasteiger partial charge is 0.337 e. The first-order chi connectivity index (χ1) is 8.72. The molecule has 0 spiro atoms. The third-order valence-corrected chi connectivity index (χ3v) is 3.43. The summed E-state index contributed by atoms with van der Waals surface area (Å²) in [6.45, 7) is 3.07. The van der Waals surface area contributed by atoms with E-state index in [4.69, 9.17) is 4.74 Å². The highest BCUT2D eigenvalue weighted by Gasteiger charge is 2.20. The molecule has 2 rings (SSSR count). The van der Waals surface area contributed by atoms with Crippen molar-refractivity contribution in [3.63, 3.8) is 0 Å². The number of carbonyl (C=O) groups is 1. The van der Waals surface area contributed by atoms with Crippen molar-refractivity contribution >= 4 is 5.97 Å². The third-order valence-electron chi connectivity index (χ3n) is 3.43. The maximum Gasteiger partial charge on any atom is 0.337 e. The molecule has 18 heavy (non-hydrogen) atoms. The minimum absolute atomic E-state index is 0.272. The van der Waals surface area contributed by atoms with Crippen molar-refractivity contribution in [2.24, 2.45) is 0 Å². The number of methoxy groups -OCH3 is 1. The van der Waals surface area contributed by atoms with Crippen LogP contribution in [0.5, 0.6) is 0 Å². The van der Waals surface area contributed by atoms with Crippen LogP contribution < -0.4 is 5.32 Å². The van der Waals surface area contributed by atoms with Crippen LogP contribution in [0.25, 0.3) is 0 Å². The molecular weight excluding hydrogens is 228 g/mol. The van der Waals surface area contributed by atoms with Crippen molar-refractivity contribution in [3.05, 3.63) is 35.4 Å². The fraction of sp³-hybridized carbons (Fsp3) is 0.500. The van der Waals surface area contributed by atoms with E-state index < -0.39 is 0 Å². The molecule has 0 aromatic heterocycles. The second-order valence-electron chi connectivity index (χ2n) is 4.70. The molecule has 1 aromatic rings. The Morgan fingerprint density at radius 3 is 3.06 bits per heavy atom. The molecular formula is C14H20N2O2. The minimum Gasteiger partial charge on any atom is -0.465 e. The van der Waals surface area contributed by atoms with Gasteiger partial charge in [0.05, 0.1) is 12.7 Å². The van der Waals surface area contributed by atoms with Gasteiger partial charge in [0, 0.05) is 25.7 Å². The molecule has 1 aliphatic heterocycles. The highest BCUT2D eigenvalue weighted by atomic mass is 16.5. The van der Waals surface area contributed by atoms with Crippen LogP contribution in [0, 0.1) is 0 Å². The maximum absolute atomic E-state index is 11.5. The number of benzene rings is 1. The zero-order chi connectivity index (χ0) is 13.0. The number of rotatable bonds is 4. The van der Waals surface area contributed by atoms with Crippen molar-refractivity contribution in [3.8, 4) is 0 Å². The van der Waals surface area contributed by atoms with Crippen LogP contribution in [0.1, 0.15) is 22.3 Å². The lowest BCUT2D eigenvalue weighted by molar-refractivity contribution is 0.0600. The summed E-state index contributed by atoms with van der Waals surface area (Å²) in [5, 5.41) is 3.30. The SMILES string of the molecule is CNC1CCN(Cc2cccc(C(=O)OC)c2)C1. The second-order valence-corrected chi connectivity index (χ2v) is 4.70. The number of ether oxygens (including phenoxy) is 1. The number of likely N-dealkylation sites (N-methyl/N-ethyl adjacent to an activating group) is 1. The Balaban J connectivity index is 1.99. The predicted octanol–water partition coefficient (Wildman–Crippen LogP) is 1.27. The van der Waals surface area contributed by atoms with Gasteiger partial charge in [-0.05, 0) is 31.2 Å². The van der Waals surface area contributed by atoms with Crippen LogP contribution in [0.2, 0.25) is 0 Å². The van der Waals surface area contributed by atoms with Gasteiger partial charge in [0.15, 0.2) is 0 Å². The number of esters is 1. The van der Waals surface area contributed by atoms with Crippen LogP contribution in [-0.2, 0) is 11.3 Å². The Kier molecular flexibility index (Phi) is 4.33. The molecule has 1 aromatic carbocycles. The fourth-order valence-corrected chi connectivity index (χ4v) is 2.38. The summed E-state index contributed by atoms with van der Waals surface area (Å²) < 4.78 is 4.73. The minimum atomic E-state index is -0.272. The van der Waals surface area contributed by atoms with Gasteiger partial charge in [-0.3, -0.25) is 4.90 Å². The summed E-state index contributed by atoms with van der Waals surface area (Å²) in [5.41, 5.74) is 1.79. The monoisotopic (exact) mass is 248 g/mol. The van der Waals surface area contributed by atoms with Gasteiger partial charge < -0.3 is 10.1 Å². The highest BCUT2D eigenvalue weighted by Crippen LogP contribution is 2.14. The van der Waals surface area contributed by atoms with Gasteiger partial charge in [0.25, 0.3) is 0 Å². The highest BCUT2D eigenvalue weighted by molar-refractivity contribution is 5.89. The normalized spacial score (nSPS) is 20.0. The molecule has 1 fully saturated rings. The first-order valence-electron chi connectivity index (χ1n) is 6.30. The lowest BCUT2D eigenvalue weighted by Crippen LogP contribution is -2.29. The van der Waals surface area contributed by atoms with E-state index in [-0.39, 0.29) is 5.97 Å². The lowest BCUT2D eigenvalue weighted by Gasteiger charge is -2.16. The molecule has 0 radical (unpaired) electrons. The van der Waals surface area contributed by atoms with Crippen LogP contribution in [0.15, 0.2) is 24.3 Å². The molecule has 4 heteroatoms. The number of nitrogens with zero attached hydrogens (tertiary/aromatic N) is 1. The van der Waals surface area contributed by atoms with Gasteiger partial charge in [0.1, 0.15) is 0 Å². The van der Waals surface area contributed by atoms with Crippen molar-refractivity contribution < 1.29 is 9.53 Å². The molecule has 1 N–H and O–H groups in total. The summed E-state index contributed by atoms with van der Waals surface area (Å²) in [7, 11) is 3.42. The summed E-state index contributed by atoms with van der Waals surface area (Å²) in [6, 6.07) is 8.26. The van der Waals surface area contributed by atoms with E-state index in [0.717, 1.165) is 25.2 Å². The van der Waals surface area contributed by atoms with Gasteiger partial charge in [-0.2, -0.15) is 0 Å². The predicted molar refractivity (Wildman–Crippen MR) is 70.5 cm³/mol. The standard InChI is InChI=1S/C14H20N2O2/c1-15-13-6-7-16(10-13)9-11-4-3-5-12(8-11)14(17)18-2/h3-5,8,13,15H,6-7,9-10H2,1-2H3. The molecule has 0 amide bonds. The van der Waals surface area contributed by atoms with E-state index in [1.54, 1.807) is 6.07 Å². The van der Waals surface area contributed by atoms with E-state index >= 15 is 0 Å². The number of nitrogens with one attached hydrogen (secondary N) is 1. The first-order valence-corrected chi connectivity index (χ1v) is 6.30.